The summed E-state index contributed by atoms with van der Waals surface area (Å²) in [5.41, 5.74) is 4.16. The summed E-state index contributed by atoms with van der Waals surface area (Å²) in [5.74, 6) is 0.794. The Morgan fingerprint density at radius 3 is 2.48 bits per heavy atom. The summed E-state index contributed by atoms with van der Waals surface area (Å²) in [6.07, 6.45) is 1.15. The first-order valence-corrected chi connectivity index (χ1v) is 8.26. The van der Waals surface area contributed by atoms with Crippen molar-refractivity contribution < 1.29 is 24.3 Å². The fourth-order valence-corrected chi connectivity index (χ4v) is 4.18. The van der Waals surface area contributed by atoms with Crippen LogP contribution in [-0.2, 0) is 12.8 Å². The molecule has 25 heavy (non-hydrogen) atoms. The number of phenols is 2. The third-order valence-electron chi connectivity index (χ3n) is 5.52. The third-order valence-corrected chi connectivity index (χ3v) is 5.52. The molecule has 1 unspecified atom stereocenters. The Hall–Kier alpha value is -2.44. The predicted molar refractivity (Wildman–Crippen MR) is 92.9 cm³/mol. The van der Waals surface area contributed by atoms with Crippen molar-refractivity contribution in [2.75, 3.05) is 27.8 Å². The van der Waals surface area contributed by atoms with Gasteiger partial charge in [0.2, 0.25) is 0 Å². The van der Waals surface area contributed by atoms with Gasteiger partial charge in [-0.15, -0.1) is 0 Å². The number of methoxy groups -OCH3 is 2. The molecule has 0 radical (unpaired) electrons. The minimum absolute atomic E-state index is 0.0295. The highest BCUT2D eigenvalue weighted by molar-refractivity contribution is 5.84. The zero-order valence-corrected chi connectivity index (χ0v) is 14.5. The maximum absolute atomic E-state index is 13.1. The van der Waals surface area contributed by atoms with Crippen LogP contribution in [-0.4, -0.2) is 42.7 Å². The van der Waals surface area contributed by atoms with E-state index in [4.69, 9.17) is 9.47 Å². The first-order chi connectivity index (χ1) is 11.9. The Bertz CT molecular complexity index is 875. The molecular formula is C19H21NO5. The molecule has 1 heterocycles. The quantitative estimate of drug-likeness (QED) is 0.647. The molecule has 0 spiro atoms. The van der Waals surface area contributed by atoms with E-state index in [1.807, 2.05) is 6.07 Å². The van der Waals surface area contributed by atoms with E-state index in [0.29, 0.717) is 36.4 Å². The molecule has 0 amide bonds. The monoisotopic (exact) mass is 343 g/mol. The lowest BCUT2D eigenvalue weighted by atomic mass is 9.76. The van der Waals surface area contributed by atoms with Crippen molar-refractivity contribution in [1.82, 2.24) is 0 Å². The molecule has 1 aliphatic heterocycles. The molecule has 2 N–H and O–H groups in total. The van der Waals surface area contributed by atoms with Crippen LogP contribution < -0.4 is 9.47 Å². The van der Waals surface area contributed by atoms with Gasteiger partial charge in [0, 0.05) is 24.0 Å². The van der Waals surface area contributed by atoms with Gasteiger partial charge in [0.15, 0.2) is 23.0 Å². The number of ether oxygens (including phenoxy) is 2. The van der Waals surface area contributed by atoms with Crippen LogP contribution in [0.1, 0.15) is 22.7 Å². The molecule has 4 rings (SSSR count). The second-order valence-electron chi connectivity index (χ2n) is 6.92. The van der Waals surface area contributed by atoms with Gasteiger partial charge in [0.25, 0.3) is 0 Å². The standard InChI is InChI=1S/C19H21NO5/c1-20(23)5-4-10-8-16(25-3)19(22)18-12-9-15(24-2)14(21)7-11(12)6-13(20)17(10)18/h7-9,13,21-22H,4-6H2,1-3H3/t13-,20?/m0/s1. The van der Waals surface area contributed by atoms with Crippen molar-refractivity contribution in [3.8, 4) is 34.1 Å². The maximum atomic E-state index is 13.1. The number of hydrogen-bond acceptors (Lipinski definition) is 5. The van der Waals surface area contributed by atoms with Crippen LogP contribution in [0.25, 0.3) is 11.1 Å². The van der Waals surface area contributed by atoms with Gasteiger partial charge in [-0.25, -0.2) is 0 Å². The molecule has 6 heteroatoms. The molecule has 132 valence electrons. The predicted octanol–water partition coefficient (Wildman–Crippen LogP) is 2.88. The van der Waals surface area contributed by atoms with E-state index in [9.17, 15) is 15.4 Å². The summed E-state index contributed by atoms with van der Waals surface area (Å²) < 4.78 is 10.2. The van der Waals surface area contributed by atoms with E-state index < -0.39 is 4.65 Å². The number of phenolic OH excluding ortho intramolecular Hbond substituents is 2. The molecule has 2 aliphatic rings. The van der Waals surface area contributed by atoms with Crippen LogP contribution in [0, 0.1) is 5.21 Å². The lowest BCUT2D eigenvalue weighted by Gasteiger charge is -2.51. The molecule has 0 aromatic heterocycles. The second kappa shape index (κ2) is 5.28. The molecule has 0 fully saturated rings. The number of nitrogens with zero attached hydrogens (tertiary/aromatic N) is 1. The largest absolute Gasteiger partial charge is 0.633 e. The van der Waals surface area contributed by atoms with E-state index in [1.165, 1.54) is 14.2 Å². The normalized spacial score (nSPS) is 23.6. The number of benzene rings is 2. The van der Waals surface area contributed by atoms with Crippen LogP contribution in [0.3, 0.4) is 0 Å². The van der Waals surface area contributed by atoms with Gasteiger partial charge in [-0.1, -0.05) is 0 Å². The van der Waals surface area contributed by atoms with E-state index >= 15 is 0 Å². The summed E-state index contributed by atoms with van der Waals surface area (Å²) in [6.45, 7) is 0.475. The molecule has 6 nitrogen and oxygen atoms in total. The number of aromatic hydroxyl groups is 2. The molecule has 2 atom stereocenters. The summed E-state index contributed by atoms with van der Waals surface area (Å²) >= 11 is 0. The zero-order chi connectivity index (χ0) is 17.9. The number of likely N-dealkylation sites (N-methyl/N-ethyl adjacent to an activating group) is 1. The highest BCUT2D eigenvalue weighted by Gasteiger charge is 2.41. The Balaban J connectivity index is 2.08. The number of rotatable bonds is 2. The lowest BCUT2D eigenvalue weighted by Crippen LogP contribution is -2.48. The summed E-state index contributed by atoms with van der Waals surface area (Å²) in [4.78, 5) is 0. The Labute approximate surface area is 146 Å². The van der Waals surface area contributed by atoms with Crippen molar-refractivity contribution in [3.63, 3.8) is 0 Å². The molecule has 0 saturated heterocycles. The Kier molecular flexibility index (Phi) is 3.39. The Morgan fingerprint density at radius 1 is 1.08 bits per heavy atom. The van der Waals surface area contributed by atoms with Crippen LogP contribution in [0.15, 0.2) is 18.2 Å². The minimum atomic E-state index is -0.391. The van der Waals surface area contributed by atoms with Crippen molar-refractivity contribution in [1.29, 1.82) is 0 Å². The number of hydroxylamine groups is 3. The molecule has 0 saturated carbocycles. The second-order valence-corrected chi connectivity index (χ2v) is 6.92. The van der Waals surface area contributed by atoms with Crippen molar-refractivity contribution >= 4 is 0 Å². The van der Waals surface area contributed by atoms with Crippen LogP contribution in [0.4, 0.5) is 0 Å². The van der Waals surface area contributed by atoms with Gasteiger partial charge in [-0.3, -0.25) is 0 Å². The zero-order valence-electron chi connectivity index (χ0n) is 14.5. The van der Waals surface area contributed by atoms with Crippen LogP contribution in [0.2, 0.25) is 0 Å². The van der Waals surface area contributed by atoms with Gasteiger partial charge in [0.05, 0.1) is 27.8 Å². The number of quaternary nitrogens is 1. The number of fused-ring (bicyclic) bond motifs is 2. The summed E-state index contributed by atoms with van der Waals surface area (Å²) in [7, 11) is 4.68. The molecule has 1 aliphatic carbocycles. The fourth-order valence-electron chi connectivity index (χ4n) is 4.18. The van der Waals surface area contributed by atoms with E-state index in [1.54, 1.807) is 19.2 Å². The first-order valence-electron chi connectivity index (χ1n) is 8.26. The topological polar surface area (TPSA) is 82.0 Å². The molecule has 2 aromatic rings. The minimum Gasteiger partial charge on any atom is -0.633 e. The van der Waals surface area contributed by atoms with Gasteiger partial charge in [-0.2, -0.15) is 0 Å². The van der Waals surface area contributed by atoms with Crippen molar-refractivity contribution in [3.05, 3.63) is 40.1 Å². The fraction of sp³-hybridized carbons (Fsp3) is 0.368. The highest BCUT2D eigenvalue weighted by Crippen LogP contribution is 2.54. The first kappa shape index (κ1) is 16.1. The average Bonchev–Trinajstić information content (AvgIpc) is 2.58. The van der Waals surface area contributed by atoms with E-state index in [-0.39, 0.29) is 17.5 Å². The van der Waals surface area contributed by atoms with Crippen LogP contribution in [0.5, 0.6) is 23.0 Å². The highest BCUT2D eigenvalue weighted by atomic mass is 16.5. The SMILES string of the molecule is COc1cc2c(cc1O)C[C@H]1c3c(cc(OC)c(O)c3-2)CC[N+]1(C)[O-]. The van der Waals surface area contributed by atoms with Gasteiger partial charge >= 0.3 is 0 Å². The number of hydrogen-bond donors (Lipinski definition) is 2. The van der Waals surface area contributed by atoms with E-state index in [2.05, 4.69) is 0 Å². The lowest BCUT2D eigenvalue weighted by molar-refractivity contribution is -0.894. The van der Waals surface area contributed by atoms with Gasteiger partial charge < -0.3 is 29.5 Å². The summed E-state index contributed by atoms with van der Waals surface area (Å²) in [5, 5.41) is 34.0. The Morgan fingerprint density at radius 2 is 1.80 bits per heavy atom. The maximum Gasteiger partial charge on any atom is 0.166 e. The van der Waals surface area contributed by atoms with Gasteiger partial charge in [-0.05, 0) is 34.9 Å². The average molecular weight is 343 g/mol. The van der Waals surface area contributed by atoms with Crippen molar-refractivity contribution in [2.45, 2.75) is 18.9 Å². The molecule has 0 bridgehead atoms. The molecular weight excluding hydrogens is 322 g/mol. The van der Waals surface area contributed by atoms with E-state index in [0.717, 1.165) is 22.3 Å². The van der Waals surface area contributed by atoms with Crippen LogP contribution >= 0.6 is 0 Å². The summed E-state index contributed by atoms with van der Waals surface area (Å²) in [6, 6.07) is 4.88. The smallest absolute Gasteiger partial charge is 0.166 e. The third kappa shape index (κ3) is 2.18. The van der Waals surface area contributed by atoms with Gasteiger partial charge in [0.1, 0.15) is 6.04 Å². The molecule has 2 aromatic carbocycles. The van der Waals surface area contributed by atoms with Crippen molar-refractivity contribution in [2.24, 2.45) is 0 Å².